The molecule has 1 aliphatic rings. The first-order valence-electron chi connectivity index (χ1n) is 5.56. The van der Waals surface area contributed by atoms with Crippen molar-refractivity contribution in [2.45, 2.75) is 0 Å². The summed E-state index contributed by atoms with van der Waals surface area (Å²) in [5.41, 5.74) is 1.75. The van der Waals surface area contributed by atoms with Gasteiger partial charge in [-0.2, -0.15) is 0 Å². The molecule has 94 valence electrons. The summed E-state index contributed by atoms with van der Waals surface area (Å²) in [6, 6.07) is 8.61. The summed E-state index contributed by atoms with van der Waals surface area (Å²) in [6.07, 6.45) is 2.72. The number of benzene rings is 1. The zero-order valence-corrected chi connectivity index (χ0v) is 11.2. The maximum Gasteiger partial charge on any atom is 0.256 e. The van der Waals surface area contributed by atoms with Crippen LogP contribution in [0.5, 0.6) is 0 Å². The minimum absolute atomic E-state index is 0.212. The summed E-state index contributed by atoms with van der Waals surface area (Å²) in [5.74, 6) is -0.403. The molecule has 1 amide bonds. The van der Waals surface area contributed by atoms with Gasteiger partial charge < -0.3 is 9.73 Å². The first-order chi connectivity index (χ1) is 9.15. The molecule has 3 rings (SSSR count). The van der Waals surface area contributed by atoms with Gasteiger partial charge in [0.05, 0.1) is 11.8 Å². The fourth-order valence-corrected chi connectivity index (χ4v) is 2.29. The molecule has 5 heteroatoms. The van der Waals surface area contributed by atoms with Crippen molar-refractivity contribution in [2.75, 3.05) is 5.32 Å². The SMILES string of the molecule is O=C1Nc2ccc(Br)cc2C1=CC(=O)c1ccco1. The van der Waals surface area contributed by atoms with Crippen molar-refractivity contribution in [3.63, 3.8) is 0 Å². The summed E-state index contributed by atoms with van der Waals surface area (Å²) in [5, 5.41) is 2.71. The summed E-state index contributed by atoms with van der Waals surface area (Å²) >= 11 is 3.35. The number of ketones is 1. The Morgan fingerprint density at radius 2 is 2.16 bits per heavy atom. The fourth-order valence-electron chi connectivity index (χ4n) is 1.92. The van der Waals surface area contributed by atoms with Crippen molar-refractivity contribution in [2.24, 2.45) is 0 Å². The van der Waals surface area contributed by atoms with E-state index in [0.29, 0.717) is 16.8 Å². The van der Waals surface area contributed by atoms with Crippen LogP contribution < -0.4 is 5.32 Å². The van der Waals surface area contributed by atoms with Gasteiger partial charge in [-0.3, -0.25) is 9.59 Å². The lowest BCUT2D eigenvalue weighted by Crippen LogP contribution is -2.05. The monoisotopic (exact) mass is 317 g/mol. The molecule has 1 aromatic heterocycles. The van der Waals surface area contributed by atoms with E-state index in [0.717, 1.165) is 4.47 Å². The molecule has 0 fully saturated rings. The van der Waals surface area contributed by atoms with E-state index >= 15 is 0 Å². The quantitative estimate of drug-likeness (QED) is 0.683. The molecular formula is C14H8BrNO3. The van der Waals surface area contributed by atoms with E-state index < -0.39 is 0 Å². The van der Waals surface area contributed by atoms with Gasteiger partial charge in [-0.1, -0.05) is 15.9 Å². The van der Waals surface area contributed by atoms with Crippen LogP contribution in [0.15, 0.2) is 51.6 Å². The number of amides is 1. The van der Waals surface area contributed by atoms with E-state index in [9.17, 15) is 9.59 Å². The van der Waals surface area contributed by atoms with Crippen molar-refractivity contribution in [3.8, 4) is 0 Å². The molecule has 0 spiro atoms. The van der Waals surface area contributed by atoms with E-state index in [2.05, 4.69) is 21.2 Å². The largest absolute Gasteiger partial charge is 0.461 e. The van der Waals surface area contributed by atoms with Crippen molar-refractivity contribution < 1.29 is 14.0 Å². The lowest BCUT2D eigenvalue weighted by molar-refractivity contribution is -0.110. The molecule has 2 aromatic rings. The zero-order valence-electron chi connectivity index (χ0n) is 9.64. The van der Waals surface area contributed by atoms with Gasteiger partial charge in [0.2, 0.25) is 5.78 Å². The molecule has 2 heterocycles. The Labute approximate surface area is 117 Å². The van der Waals surface area contributed by atoms with Gasteiger partial charge in [0.25, 0.3) is 5.91 Å². The zero-order chi connectivity index (χ0) is 13.4. The molecule has 19 heavy (non-hydrogen) atoms. The number of allylic oxidation sites excluding steroid dienone is 1. The number of hydrogen-bond acceptors (Lipinski definition) is 3. The van der Waals surface area contributed by atoms with Crippen LogP contribution >= 0.6 is 15.9 Å². The average Bonchev–Trinajstić information content (AvgIpc) is 2.99. The Hall–Kier alpha value is -2.14. The van der Waals surface area contributed by atoms with Crippen molar-refractivity contribution in [3.05, 3.63) is 58.5 Å². The van der Waals surface area contributed by atoms with Crippen LogP contribution in [0.3, 0.4) is 0 Å². The topological polar surface area (TPSA) is 59.3 Å². The fraction of sp³-hybridized carbons (Fsp3) is 0. The van der Waals surface area contributed by atoms with Crippen LogP contribution in [0.2, 0.25) is 0 Å². The van der Waals surface area contributed by atoms with E-state index in [1.807, 2.05) is 6.07 Å². The predicted octanol–water partition coefficient (Wildman–Crippen LogP) is 3.26. The second-order valence-electron chi connectivity index (χ2n) is 4.04. The number of hydrogen-bond donors (Lipinski definition) is 1. The maximum absolute atomic E-state index is 11.9. The summed E-state index contributed by atoms with van der Waals surface area (Å²) in [7, 11) is 0. The Balaban J connectivity index is 2.04. The normalized spacial score (nSPS) is 15.4. The lowest BCUT2D eigenvalue weighted by Gasteiger charge is -1.98. The third-order valence-corrected chi connectivity index (χ3v) is 3.30. The minimum Gasteiger partial charge on any atom is -0.461 e. The smallest absolute Gasteiger partial charge is 0.256 e. The standard InChI is InChI=1S/C14H8BrNO3/c15-8-3-4-11-9(6-8)10(14(18)16-11)7-12(17)13-2-1-5-19-13/h1-7H,(H,16,18). The minimum atomic E-state index is -0.331. The van der Waals surface area contributed by atoms with E-state index in [1.165, 1.54) is 12.3 Å². The molecule has 1 N–H and O–H groups in total. The van der Waals surface area contributed by atoms with Crippen LogP contribution in [0.25, 0.3) is 5.57 Å². The molecule has 1 aromatic carbocycles. The van der Waals surface area contributed by atoms with Gasteiger partial charge >= 0.3 is 0 Å². The third-order valence-electron chi connectivity index (χ3n) is 2.80. The van der Waals surface area contributed by atoms with Crippen LogP contribution in [0.4, 0.5) is 5.69 Å². The van der Waals surface area contributed by atoms with Crippen LogP contribution in [0.1, 0.15) is 16.1 Å². The van der Waals surface area contributed by atoms with Crippen molar-refractivity contribution in [1.82, 2.24) is 0 Å². The highest BCUT2D eigenvalue weighted by atomic mass is 79.9. The second-order valence-corrected chi connectivity index (χ2v) is 4.96. The highest BCUT2D eigenvalue weighted by Gasteiger charge is 2.25. The highest BCUT2D eigenvalue weighted by Crippen LogP contribution is 2.34. The Morgan fingerprint density at radius 1 is 1.32 bits per heavy atom. The number of halogens is 1. The van der Waals surface area contributed by atoms with Gasteiger partial charge in [0.1, 0.15) is 0 Å². The number of carbonyl (C=O) groups excluding carboxylic acids is 2. The highest BCUT2D eigenvalue weighted by molar-refractivity contribution is 9.10. The molecule has 0 saturated heterocycles. The Bertz CT molecular complexity index is 701. The number of carbonyl (C=O) groups is 2. The first kappa shape index (κ1) is 11.9. The molecule has 0 bridgehead atoms. The molecule has 0 saturated carbocycles. The summed E-state index contributed by atoms with van der Waals surface area (Å²) in [6.45, 7) is 0. The van der Waals surface area contributed by atoms with Crippen molar-refractivity contribution >= 4 is 38.9 Å². The lowest BCUT2D eigenvalue weighted by atomic mass is 10.1. The molecule has 1 aliphatic heterocycles. The number of anilines is 1. The Morgan fingerprint density at radius 3 is 2.89 bits per heavy atom. The molecule has 0 aliphatic carbocycles. The summed E-state index contributed by atoms with van der Waals surface area (Å²) < 4.78 is 5.86. The van der Waals surface area contributed by atoms with Gasteiger partial charge in [-0.25, -0.2) is 0 Å². The van der Waals surface area contributed by atoms with Crippen LogP contribution in [-0.4, -0.2) is 11.7 Å². The van der Waals surface area contributed by atoms with Gasteiger partial charge in [0, 0.05) is 21.8 Å². The third kappa shape index (κ3) is 2.13. The van der Waals surface area contributed by atoms with Crippen LogP contribution in [-0.2, 0) is 4.79 Å². The molecule has 4 nitrogen and oxygen atoms in total. The molecule has 0 unspecified atom stereocenters. The van der Waals surface area contributed by atoms with E-state index in [4.69, 9.17) is 4.42 Å². The maximum atomic E-state index is 11.9. The van der Waals surface area contributed by atoms with E-state index in [1.54, 1.807) is 24.3 Å². The molecule has 0 radical (unpaired) electrons. The van der Waals surface area contributed by atoms with Gasteiger partial charge in [0.15, 0.2) is 5.76 Å². The predicted molar refractivity (Wildman–Crippen MR) is 73.8 cm³/mol. The average molecular weight is 318 g/mol. The second kappa shape index (κ2) is 4.51. The van der Waals surface area contributed by atoms with Crippen molar-refractivity contribution in [1.29, 1.82) is 0 Å². The van der Waals surface area contributed by atoms with Crippen LogP contribution in [0, 0.1) is 0 Å². The molecule has 0 atom stereocenters. The number of rotatable bonds is 2. The number of fused-ring (bicyclic) bond motifs is 1. The number of furan rings is 1. The number of nitrogens with one attached hydrogen (secondary N) is 1. The first-order valence-corrected chi connectivity index (χ1v) is 6.35. The molecular weight excluding hydrogens is 310 g/mol. The summed E-state index contributed by atoms with van der Waals surface area (Å²) in [4.78, 5) is 23.8. The van der Waals surface area contributed by atoms with E-state index in [-0.39, 0.29) is 17.5 Å². The van der Waals surface area contributed by atoms with Gasteiger partial charge in [-0.15, -0.1) is 0 Å². The Kier molecular flexibility index (Phi) is 2.83. The van der Waals surface area contributed by atoms with Gasteiger partial charge in [-0.05, 0) is 30.3 Å².